The minimum atomic E-state index is -0.579. The molecule has 0 bridgehead atoms. The first-order valence-corrected chi connectivity index (χ1v) is 8.53. The van der Waals surface area contributed by atoms with Crippen molar-refractivity contribution in [2.45, 2.75) is 6.04 Å². The van der Waals surface area contributed by atoms with Crippen LogP contribution in [0, 0.1) is 10.1 Å². The lowest BCUT2D eigenvalue weighted by Gasteiger charge is -2.34. The Hall–Kier alpha value is -1.58. The van der Waals surface area contributed by atoms with Crippen LogP contribution in [-0.2, 0) is 0 Å². The number of rotatable bonds is 5. The number of nitro benzene ring substituents is 1. The Bertz CT molecular complexity index is 725. The SMILES string of the molecule is COc1cc([C@@H](c2cccs2)N2CCNCC2)cc([N+](=O)[O-])c1O.Cl.Cl. The molecule has 0 unspecified atom stereocenters. The Kier molecular flexibility index (Phi) is 8.58. The number of ether oxygens (including phenoxy) is 1. The van der Waals surface area contributed by atoms with Crippen LogP contribution < -0.4 is 10.1 Å². The van der Waals surface area contributed by atoms with Crippen LogP contribution in [0.1, 0.15) is 16.5 Å². The second kappa shape index (κ2) is 9.94. The molecule has 1 saturated heterocycles. The lowest BCUT2D eigenvalue weighted by Crippen LogP contribution is -2.45. The van der Waals surface area contributed by atoms with Gasteiger partial charge in [0.1, 0.15) is 0 Å². The standard InChI is InChI=1S/C16H19N3O4S.2ClH/c1-23-13-10-11(9-12(16(13)20)19(21)22)15(14-3-2-8-24-14)18-6-4-17-5-7-18;;/h2-3,8-10,15,17,20H,4-7H2,1H3;2*1H/t15-;;/m0../s1. The number of aromatic hydroxyl groups is 1. The lowest BCUT2D eigenvalue weighted by molar-refractivity contribution is -0.386. The van der Waals surface area contributed by atoms with Gasteiger partial charge in [-0.2, -0.15) is 0 Å². The summed E-state index contributed by atoms with van der Waals surface area (Å²) < 4.78 is 5.15. The first-order chi connectivity index (χ1) is 11.6. The second-order valence-electron chi connectivity index (χ2n) is 5.55. The predicted octanol–water partition coefficient (Wildman–Crippen LogP) is 3.21. The molecule has 1 aromatic heterocycles. The average Bonchev–Trinajstić information content (AvgIpc) is 3.11. The molecule has 10 heteroatoms. The highest BCUT2D eigenvalue weighted by molar-refractivity contribution is 7.10. The van der Waals surface area contributed by atoms with Gasteiger partial charge in [-0.05, 0) is 23.1 Å². The number of benzene rings is 1. The quantitative estimate of drug-likeness (QED) is 0.569. The Morgan fingerprint density at radius 3 is 2.58 bits per heavy atom. The molecule has 3 rings (SSSR count). The minimum Gasteiger partial charge on any atom is -0.500 e. The number of hydrogen-bond donors (Lipinski definition) is 2. The summed E-state index contributed by atoms with van der Waals surface area (Å²) in [5.74, 6) is -0.313. The van der Waals surface area contributed by atoms with Crippen LogP contribution >= 0.6 is 36.2 Å². The lowest BCUT2D eigenvalue weighted by atomic mass is 10.0. The van der Waals surface area contributed by atoms with E-state index < -0.39 is 10.7 Å². The van der Waals surface area contributed by atoms with E-state index in [-0.39, 0.29) is 42.3 Å². The van der Waals surface area contributed by atoms with Crippen molar-refractivity contribution >= 4 is 41.8 Å². The summed E-state index contributed by atoms with van der Waals surface area (Å²) >= 11 is 1.62. The van der Waals surface area contributed by atoms with Gasteiger partial charge in [0.15, 0.2) is 5.75 Å². The monoisotopic (exact) mass is 421 g/mol. The Morgan fingerprint density at radius 1 is 1.35 bits per heavy atom. The fraction of sp³-hybridized carbons (Fsp3) is 0.375. The van der Waals surface area contributed by atoms with Gasteiger partial charge in [0.05, 0.1) is 18.1 Å². The molecule has 0 aliphatic carbocycles. The smallest absolute Gasteiger partial charge is 0.315 e. The number of phenols is 1. The highest BCUT2D eigenvalue weighted by atomic mass is 35.5. The highest BCUT2D eigenvalue weighted by Gasteiger charge is 2.29. The number of methoxy groups -OCH3 is 1. The summed E-state index contributed by atoms with van der Waals surface area (Å²) in [4.78, 5) is 14.1. The van der Waals surface area contributed by atoms with Crippen molar-refractivity contribution < 1.29 is 14.8 Å². The summed E-state index contributed by atoms with van der Waals surface area (Å²) in [5.41, 5.74) is 0.418. The summed E-state index contributed by atoms with van der Waals surface area (Å²) in [6.45, 7) is 3.44. The van der Waals surface area contributed by atoms with Crippen LogP contribution in [0.5, 0.6) is 11.5 Å². The molecule has 0 saturated carbocycles. The van der Waals surface area contributed by atoms with Gasteiger partial charge in [0.25, 0.3) is 0 Å². The Balaban J connectivity index is 0.00000169. The molecule has 0 amide bonds. The van der Waals surface area contributed by atoms with Gasteiger partial charge >= 0.3 is 5.69 Å². The van der Waals surface area contributed by atoms with Crippen LogP contribution in [0.3, 0.4) is 0 Å². The van der Waals surface area contributed by atoms with Crippen LogP contribution in [0.25, 0.3) is 0 Å². The highest BCUT2D eigenvalue weighted by Crippen LogP contribution is 2.42. The van der Waals surface area contributed by atoms with Gasteiger partial charge in [-0.15, -0.1) is 36.2 Å². The van der Waals surface area contributed by atoms with E-state index in [1.807, 2.05) is 17.5 Å². The predicted molar refractivity (Wildman–Crippen MR) is 106 cm³/mol. The van der Waals surface area contributed by atoms with Crippen LogP contribution in [0.2, 0.25) is 0 Å². The molecule has 0 spiro atoms. The van der Waals surface area contributed by atoms with Crippen molar-refractivity contribution in [2.24, 2.45) is 0 Å². The van der Waals surface area contributed by atoms with E-state index in [1.165, 1.54) is 13.2 Å². The van der Waals surface area contributed by atoms with Gasteiger partial charge < -0.3 is 15.2 Å². The van der Waals surface area contributed by atoms with Gasteiger partial charge in [-0.1, -0.05) is 6.07 Å². The third-order valence-corrected chi connectivity index (χ3v) is 5.06. The van der Waals surface area contributed by atoms with E-state index in [9.17, 15) is 15.2 Å². The number of nitrogens with one attached hydrogen (secondary N) is 1. The number of nitro groups is 1. The number of hydrogen-bond acceptors (Lipinski definition) is 7. The second-order valence-corrected chi connectivity index (χ2v) is 6.53. The molecule has 144 valence electrons. The Morgan fingerprint density at radius 2 is 2.04 bits per heavy atom. The zero-order valence-corrected chi connectivity index (χ0v) is 16.5. The average molecular weight is 422 g/mol. The van der Waals surface area contributed by atoms with E-state index >= 15 is 0 Å². The van der Waals surface area contributed by atoms with Crippen molar-refractivity contribution in [3.05, 3.63) is 50.2 Å². The van der Waals surface area contributed by atoms with Gasteiger partial charge in [-0.25, -0.2) is 0 Å². The van der Waals surface area contributed by atoms with E-state index in [4.69, 9.17) is 4.74 Å². The van der Waals surface area contributed by atoms with E-state index in [0.29, 0.717) is 0 Å². The molecule has 26 heavy (non-hydrogen) atoms. The molecule has 1 aliphatic heterocycles. The van der Waals surface area contributed by atoms with E-state index in [0.717, 1.165) is 36.6 Å². The molecule has 1 aliphatic rings. The van der Waals surface area contributed by atoms with Crippen molar-refractivity contribution in [1.82, 2.24) is 10.2 Å². The van der Waals surface area contributed by atoms with Crippen molar-refractivity contribution in [2.75, 3.05) is 33.3 Å². The van der Waals surface area contributed by atoms with Crippen molar-refractivity contribution in [1.29, 1.82) is 0 Å². The molecule has 1 fully saturated rings. The molecule has 1 aromatic carbocycles. The summed E-state index contributed by atoms with van der Waals surface area (Å²) in [5, 5.41) is 26.6. The first-order valence-electron chi connectivity index (χ1n) is 7.65. The maximum absolute atomic E-state index is 11.3. The summed E-state index contributed by atoms with van der Waals surface area (Å²) in [7, 11) is 1.40. The number of halogens is 2. The number of thiophene rings is 1. The van der Waals surface area contributed by atoms with Crippen molar-refractivity contribution in [3.8, 4) is 11.5 Å². The largest absolute Gasteiger partial charge is 0.500 e. The first kappa shape index (κ1) is 22.5. The Labute approximate surface area is 167 Å². The number of phenolic OH excluding ortho intramolecular Hbond substituents is 1. The topological polar surface area (TPSA) is 87.9 Å². The summed E-state index contributed by atoms with van der Waals surface area (Å²) in [6, 6.07) is 7.04. The number of piperazine rings is 1. The molecule has 2 aromatic rings. The summed E-state index contributed by atoms with van der Waals surface area (Å²) in [6.07, 6.45) is 0. The molecule has 0 radical (unpaired) electrons. The fourth-order valence-corrected chi connectivity index (χ4v) is 3.89. The van der Waals surface area contributed by atoms with E-state index in [2.05, 4.69) is 10.2 Å². The van der Waals surface area contributed by atoms with Gasteiger partial charge in [0.2, 0.25) is 5.75 Å². The third kappa shape index (κ3) is 4.57. The molecular formula is C16H21Cl2N3O4S. The maximum atomic E-state index is 11.3. The molecule has 1 atom stereocenters. The fourth-order valence-electron chi connectivity index (χ4n) is 3.01. The van der Waals surface area contributed by atoms with Crippen LogP contribution in [-0.4, -0.2) is 48.2 Å². The van der Waals surface area contributed by atoms with Crippen molar-refractivity contribution in [3.63, 3.8) is 0 Å². The zero-order valence-electron chi connectivity index (χ0n) is 14.1. The number of nitrogens with zero attached hydrogens (tertiary/aromatic N) is 2. The third-order valence-electron chi connectivity index (χ3n) is 4.14. The maximum Gasteiger partial charge on any atom is 0.315 e. The molecule has 7 nitrogen and oxygen atoms in total. The molecule has 2 N–H and O–H groups in total. The van der Waals surface area contributed by atoms with Gasteiger partial charge in [-0.3, -0.25) is 15.0 Å². The molecular weight excluding hydrogens is 401 g/mol. The zero-order chi connectivity index (χ0) is 17.1. The van der Waals surface area contributed by atoms with Crippen LogP contribution in [0.15, 0.2) is 29.6 Å². The van der Waals surface area contributed by atoms with E-state index in [1.54, 1.807) is 17.4 Å². The van der Waals surface area contributed by atoms with Gasteiger partial charge in [0, 0.05) is 37.1 Å². The minimum absolute atomic E-state index is 0. The molecule has 2 heterocycles. The normalized spacial score (nSPS) is 15.4. The van der Waals surface area contributed by atoms with Crippen LogP contribution in [0.4, 0.5) is 5.69 Å².